The molecular formula is C18H16N2. The molecular weight excluding hydrogens is 244 g/mol. The number of hydrogen-bond acceptors (Lipinski definition) is 2. The van der Waals surface area contributed by atoms with Gasteiger partial charge in [0.1, 0.15) is 0 Å². The molecule has 2 aromatic carbocycles. The maximum absolute atomic E-state index is 4.43. The van der Waals surface area contributed by atoms with E-state index in [1.165, 1.54) is 5.56 Å². The van der Waals surface area contributed by atoms with Gasteiger partial charge in [-0.1, -0.05) is 42.5 Å². The van der Waals surface area contributed by atoms with Crippen molar-refractivity contribution in [3.63, 3.8) is 0 Å². The fourth-order valence-corrected chi connectivity index (χ4v) is 2.20. The molecule has 0 saturated carbocycles. The molecule has 0 amide bonds. The maximum Gasteiger partial charge on any atom is 0.0722 e. The summed E-state index contributed by atoms with van der Waals surface area (Å²) >= 11 is 0. The van der Waals surface area contributed by atoms with E-state index in [0.29, 0.717) is 0 Å². The van der Waals surface area contributed by atoms with Crippen molar-refractivity contribution >= 4 is 11.4 Å². The quantitative estimate of drug-likeness (QED) is 0.731. The molecule has 2 heteroatoms. The SMILES string of the molecule is Cc1ccccc1Nc1ccccc1-c1ccccn1. The van der Waals surface area contributed by atoms with Gasteiger partial charge in [0, 0.05) is 23.1 Å². The van der Waals surface area contributed by atoms with Crippen LogP contribution in [0.3, 0.4) is 0 Å². The van der Waals surface area contributed by atoms with Crippen molar-refractivity contribution in [3.05, 3.63) is 78.5 Å². The van der Waals surface area contributed by atoms with E-state index in [4.69, 9.17) is 0 Å². The maximum atomic E-state index is 4.43. The number of benzene rings is 2. The predicted octanol–water partition coefficient (Wildman–Crippen LogP) is 4.80. The zero-order valence-corrected chi connectivity index (χ0v) is 11.4. The Morgan fingerprint density at radius 3 is 2.20 bits per heavy atom. The number of para-hydroxylation sites is 2. The number of nitrogens with one attached hydrogen (secondary N) is 1. The fraction of sp³-hybridized carbons (Fsp3) is 0.0556. The third-order valence-electron chi connectivity index (χ3n) is 3.28. The topological polar surface area (TPSA) is 24.9 Å². The van der Waals surface area contributed by atoms with Crippen LogP contribution in [0.15, 0.2) is 72.9 Å². The fourth-order valence-electron chi connectivity index (χ4n) is 2.20. The van der Waals surface area contributed by atoms with E-state index in [9.17, 15) is 0 Å². The first kappa shape index (κ1) is 12.4. The zero-order valence-electron chi connectivity index (χ0n) is 11.4. The van der Waals surface area contributed by atoms with Gasteiger partial charge in [0.2, 0.25) is 0 Å². The molecule has 98 valence electrons. The minimum atomic E-state index is 0.976. The Bertz CT molecular complexity index is 705. The summed E-state index contributed by atoms with van der Waals surface area (Å²) in [4.78, 5) is 4.43. The van der Waals surface area contributed by atoms with Crippen LogP contribution in [0.1, 0.15) is 5.56 Å². The molecule has 0 bridgehead atoms. The Kier molecular flexibility index (Phi) is 3.46. The smallest absolute Gasteiger partial charge is 0.0722 e. The molecule has 0 unspecified atom stereocenters. The first-order valence-corrected chi connectivity index (χ1v) is 6.68. The average molecular weight is 260 g/mol. The second-order valence-corrected chi connectivity index (χ2v) is 4.70. The van der Waals surface area contributed by atoms with Gasteiger partial charge in [0.25, 0.3) is 0 Å². The number of aryl methyl sites for hydroxylation is 1. The number of aromatic nitrogens is 1. The lowest BCUT2D eigenvalue weighted by molar-refractivity contribution is 1.32. The zero-order chi connectivity index (χ0) is 13.8. The lowest BCUT2D eigenvalue weighted by atomic mass is 10.1. The molecule has 20 heavy (non-hydrogen) atoms. The van der Waals surface area contributed by atoms with Crippen LogP contribution in [0.5, 0.6) is 0 Å². The molecule has 0 spiro atoms. The van der Waals surface area contributed by atoms with Crippen LogP contribution in [0.4, 0.5) is 11.4 Å². The van der Waals surface area contributed by atoms with Gasteiger partial charge < -0.3 is 5.32 Å². The number of nitrogens with zero attached hydrogens (tertiary/aromatic N) is 1. The lowest BCUT2D eigenvalue weighted by Crippen LogP contribution is -1.95. The predicted molar refractivity (Wildman–Crippen MR) is 84.1 cm³/mol. The van der Waals surface area contributed by atoms with Gasteiger partial charge in [0.15, 0.2) is 0 Å². The molecule has 1 N–H and O–H groups in total. The highest BCUT2D eigenvalue weighted by atomic mass is 14.9. The Hall–Kier alpha value is -2.61. The van der Waals surface area contributed by atoms with Crippen LogP contribution in [0.2, 0.25) is 0 Å². The van der Waals surface area contributed by atoms with E-state index in [1.54, 1.807) is 0 Å². The number of anilines is 2. The van der Waals surface area contributed by atoms with Crippen molar-refractivity contribution in [1.29, 1.82) is 0 Å². The summed E-state index contributed by atoms with van der Waals surface area (Å²) < 4.78 is 0. The number of hydrogen-bond donors (Lipinski definition) is 1. The van der Waals surface area contributed by atoms with Crippen molar-refractivity contribution in [3.8, 4) is 11.3 Å². The molecule has 0 aliphatic rings. The third kappa shape index (κ3) is 2.54. The van der Waals surface area contributed by atoms with Crippen molar-refractivity contribution in [1.82, 2.24) is 4.98 Å². The molecule has 1 aromatic heterocycles. The summed E-state index contributed by atoms with van der Waals surface area (Å²) in [5.41, 5.74) is 5.50. The van der Waals surface area contributed by atoms with E-state index in [2.05, 4.69) is 41.5 Å². The van der Waals surface area contributed by atoms with Crippen molar-refractivity contribution < 1.29 is 0 Å². The van der Waals surface area contributed by atoms with Crippen LogP contribution in [0.25, 0.3) is 11.3 Å². The minimum absolute atomic E-state index is 0.976. The van der Waals surface area contributed by atoms with E-state index in [1.807, 2.05) is 48.7 Å². The molecule has 0 aliphatic carbocycles. The molecule has 1 heterocycles. The van der Waals surface area contributed by atoms with Gasteiger partial charge in [-0.15, -0.1) is 0 Å². The first-order valence-electron chi connectivity index (χ1n) is 6.68. The standard InChI is InChI=1S/C18H16N2/c1-14-8-2-4-10-16(14)20-18-12-5-3-9-15(18)17-11-6-7-13-19-17/h2-13,20H,1H3. The Labute approximate surface area is 119 Å². The average Bonchev–Trinajstić information content (AvgIpc) is 2.51. The summed E-state index contributed by atoms with van der Waals surface area (Å²) in [5, 5.41) is 3.50. The third-order valence-corrected chi connectivity index (χ3v) is 3.28. The second kappa shape index (κ2) is 5.57. The van der Waals surface area contributed by atoms with Crippen LogP contribution < -0.4 is 5.32 Å². The molecule has 0 radical (unpaired) electrons. The van der Waals surface area contributed by atoms with E-state index >= 15 is 0 Å². The molecule has 0 fully saturated rings. The highest BCUT2D eigenvalue weighted by Gasteiger charge is 2.06. The summed E-state index contributed by atoms with van der Waals surface area (Å²) in [6.45, 7) is 2.10. The van der Waals surface area contributed by atoms with Gasteiger partial charge >= 0.3 is 0 Å². The van der Waals surface area contributed by atoms with Crippen molar-refractivity contribution in [2.24, 2.45) is 0 Å². The van der Waals surface area contributed by atoms with Gasteiger partial charge in [-0.2, -0.15) is 0 Å². The highest BCUT2D eigenvalue weighted by molar-refractivity contribution is 5.79. The Morgan fingerprint density at radius 2 is 1.45 bits per heavy atom. The van der Waals surface area contributed by atoms with Gasteiger partial charge in [0.05, 0.1) is 5.69 Å². The Morgan fingerprint density at radius 1 is 0.750 bits per heavy atom. The highest BCUT2D eigenvalue weighted by Crippen LogP contribution is 2.29. The van der Waals surface area contributed by atoms with E-state index < -0.39 is 0 Å². The van der Waals surface area contributed by atoms with Crippen molar-refractivity contribution in [2.75, 3.05) is 5.32 Å². The molecule has 3 rings (SSSR count). The summed E-state index contributed by atoms with van der Waals surface area (Å²) in [5.74, 6) is 0. The van der Waals surface area contributed by atoms with Crippen LogP contribution in [0, 0.1) is 6.92 Å². The molecule has 0 saturated heterocycles. The molecule has 2 nitrogen and oxygen atoms in total. The van der Waals surface area contributed by atoms with Gasteiger partial charge in [-0.05, 0) is 36.8 Å². The van der Waals surface area contributed by atoms with Gasteiger partial charge in [-0.25, -0.2) is 0 Å². The first-order chi connectivity index (χ1) is 9.84. The normalized spacial score (nSPS) is 10.2. The van der Waals surface area contributed by atoms with E-state index in [-0.39, 0.29) is 0 Å². The number of rotatable bonds is 3. The van der Waals surface area contributed by atoms with Crippen LogP contribution >= 0.6 is 0 Å². The minimum Gasteiger partial charge on any atom is -0.355 e. The summed E-state index contributed by atoms with van der Waals surface area (Å²) in [6.07, 6.45) is 1.82. The molecule has 0 atom stereocenters. The Balaban J connectivity index is 2.01. The van der Waals surface area contributed by atoms with Crippen LogP contribution in [-0.2, 0) is 0 Å². The molecule has 0 aliphatic heterocycles. The largest absolute Gasteiger partial charge is 0.355 e. The number of pyridine rings is 1. The monoisotopic (exact) mass is 260 g/mol. The molecule has 3 aromatic rings. The second-order valence-electron chi connectivity index (χ2n) is 4.70. The summed E-state index contributed by atoms with van der Waals surface area (Å²) in [7, 11) is 0. The van der Waals surface area contributed by atoms with E-state index in [0.717, 1.165) is 22.6 Å². The van der Waals surface area contributed by atoms with Gasteiger partial charge in [-0.3, -0.25) is 4.98 Å². The van der Waals surface area contributed by atoms with Crippen LogP contribution in [-0.4, -0.2) is 4.98 Å². The van der Waals surface area contributed by atoms with Crippen molar-refractivity contribution in [2.45, 2.75) is 6.92 Å². The summed E-state index contributed by atoms with van der Waals surface area (Å²) in [6, 6.07) is 22.5. The lowest BCUT2D eigenvalue weighted by Gasteiger charge is -2.13.